The number of para-hydroxylation sites is 2. The van der Waals surface area contributed by atoms with E-state index in [9.17, 15) is 19.5 Å². The number of amides is 2. The largest absolute Gasteiger partial charge is 0.381 e. The van der Waals surface area contributed by atoms with Crippen molar-refractivity contribution in [2.24, 2.45) is 0 Å². The third kappa shape index (κ3) is 1.82. The molecule has 0 radical (unpaired) electrons. The molecule has 9 heteroatoms. The Bertz CT molecular complexity index is 1510. The van der Waals surface area contributed by atoms with E-state index in [2.05, 4.69) is 5.32 Å². The van der Waals surface area contributed by atoms with E-state index in [-0.39, 0.29) is 23.8 Å². The summed E-state index contributed by atoms with van der Waals surface area (Å²) in [4.78, 5) is 49.2. The highest BCUT2D eigenvalue weighted by Gasteiger charge is 2.75. The van der Waals surface area contributed by atoms with Gasteiger partial charge in [0.05, 0.1) is 16.6 Å². The molecular weight excluding hydrogens is 422 g/mol. The summed E-state index contributed by atoms with van der Waals surface area (Å²) >= 11 is 0. The lowest BCUT2D eigenvalue weighted by atomic mass is 9.83. The van der Waals surface area contributed by atoms with Crippen LogP contribution in [0.25, 0.3) is 10.9 Å². The van der Waals surface area contributed by atoms with E-state index >= 15 is 0 Å². The number of aliphatic hydroxyl groups is 1. The number of nitrogens with zero attached hydrogens (tertiary/aromatic N) is 4. The van der Waals surface area contributed by atoms with Crippen LogP contribution in [0.5, 0.6) is 0 Å². The minimum Gasteiger partial charge on any atom is -0.381 e. The first-order valence-electron chi connectivity index (χ1n) is 11.2. The molecule has 2 bridgehead atoms. The minimum atomic E-state index is -1.50. The Hall–Kier alpha value is -3.56. The van der Waals surface area contributed by atoms with Crippen molar-refractivity contribution in [1.82, 2.24) is 19.8 Å². The van der Waals surface area contributed by atoms with E-state index in [1.165, 1.54) is 4.57 Å². The molecule has 2 fully saturated rings. The molecule has 9 nitrogen and oxygen atoms in total. The highest BCUT2D eigenvalue weighted by molar-refractivity contribution is 6.07. The smallest absolute Gasteiger partial charge is 0.262 e. The number of nitrogens with one attached hydrogen (secondary N) is 1. The normalized spacial score (nSPS) is 32.4. The van der Waals surface area contributed by atoms with Crippen LogP contribution in [0.4, 0.5) is 5.69 Å². The summed E-state index contributed by atoms with van der Waals surface area (Å²) < 4.78 is 1.45. The van der Waals surface area contributed by atoms with Gasteiger partial charge in [0, 0.05) is 12.0 Å². The number of fused-ring (bicyclic) bond motifs is 6. The van der Waals surface area contributed by atoms with Crippen molar-refractivity contribution < 1.29 is 14.7 Å². The van der Waals surface area contributed by atoms with Gasteiger partial charge in [0.25, 0.3) is 5.56 Å². The molecule has 1 aromatic heterocycles. The fourth-order valence-electron chi connectivity index (χ4n) is 6.61. The van der Waals surface area contributed by atoms with Gasteiger partial charge in [0.2, 0.25) is 11.8 Å². The van der Waals surface area contributed by atoms with Crippen molar-refractivity contribution in [2.75, 3.05) is 4.90 Å². The van der Waals surface area contributed by atoms with Crippen molar-refractivity contribution in [3.05, 3.63) is 70.3 Å². The maximum absolute atomic E-state index is 13.8. The van der Waals surface area contributed by atoms with E-state index < -0.39 is 29.5 Å². The number of carbonyl (C=O) groups is 2. The van der Waals surface area contributed by atoms with Crippen molar-refractivity contribution in [3.8, 4) is 0 Å². The Morgan fingerprint density at radius 2 is 1.79 bits per heavy atom. The molecule has 1 aliphatic carbocycles. The van der Waals surface area contributed by atoms with Crippen molar-refractivity contribution in [3.63, 3.8) is 0 Å². The molecule has 3 aromatic rings. The first kappa shape index (κ1) is 17.9. The molecule has 4 atom stereocenters. The van der Waals surface area contributed by atoms with Crippen LogP contribution in [-0.4, -0.2) is 43.1 Å². The van der Waals surface area contributed by atoms with Crippen LogP contribution in [0.15, 0.2) is 53.3 Å². The van der Waals surface area contributed by atoms with Gasteiger partial charge in [-0.2, -0.15) is 0 Å². The van der Waals surface area contributed by atoms with Crippen LogP contribution in [0, 0.1) is 0 Å². The Kier molecular flexibility index (Phi) is 2.89. The Balaban J connectivity index is 1.49. The van der Waals surface area contributed by atoms with Crippen LogP contribution in [0.1, 0.15) is 42.9 Å². The van der Waals surface area contributed by atoms with Gasteiger partial charge in [0.15, 0.2) is 5.82 Å². The summed E-state index contributed by atoms with van der Waals surface area (Å²) in [6.45, 7) is 0. The Morgan fingerprint density at radius 3 is 2.61 bits per heavy atom. The van der Waals surface area contributed by atoms with Gasteiger partial charge in [-0.15, -0.1) is 0 Å². The number of benzene rings is 2. The van der Waals surface area contributed by atoms with Crippen LogP contribution >= 0.6 is 0 Å². The molecule has 0 unspecified atom stereocenters. The lowest BCUT2D eigenvalue weighted by Gasteiger charge is -2.48. The fourth-order valence-corrected chi connectivity index (χ4v) is 6.61. The summed E-state index contributed by atoms with van der Waals surface area (Å²) in [5.41, 5.74) is -0.781. The molecule has 5 heterocycles. The molecule has 1 saturated carbocycles. The maximum Gasteiger partial charge on any atom is 0.262 e. The van der Waals surface area contributed by atoms with Gasteiger partial charge in [-0.3, -0.25) is 23.9 Å². The average molecular weight is 441 g/mol. The highest BCUT2D eigenvalue weighted by Crippen LogP contribution is 2.63. The molecule has 1 spiro atoms. The van der Waals surface area contributed by atoms with Crippen molar-refractivity contribution >= 4 is 28.4 Å². The SMILES string of the molecule is O=C1N[C@H]2c3nc4ccccc4c(=O)n3[C@H]1C[C@@]1(O)c3ccccc3N3C(=O)C4(CC4)N2[C@@H]31. The Labute approximate surface area is 187 Å². The third-order valence-electron chi connectivity index (χ3n) is 8.16. The van der Waals surface area contributed by atoms with E-state index in [0.29, 0.717) is 40.8 Å². The topological polar surface area (TPSA) is 108 Å². The molecule has 2 aromatic carbocycles. The summed E-state index contributed by atoms with van der Waals surface area (Å²) in [6.07, 6.45) is -0.241. The average Bonchev–Trinajstić information content (AvgIpc) is 3.52. The molecule has 2 N–H and O–H groups in total. The van der Waals surface area contributed by atoms with Gasteiger partial charge in [0.1, 0.15) is 29.5 Å². The first-order chi connectivity index (χ1) is 16.0. The molecule has 1 saturated heterocycles. The number of hydrogen-bond donors (Lipinski definition) is 2. The molecule has 5 aliphatic rings. The number of hydrogen-bond acceptors (Lipinski definition) is 6. The predicted octanol–water partition coefficient (Wildman–Crippen LogP) is 0.878. The second kappa shape index (κ2) is 5.32. The van der Waals surface area contributed by atoms with Gasteiger partial charge >= 0.3 is 0 Å². The van der Waals surface area contributed by atoms with Crippen LogP contribution in [0.3, 0.4) is 0 Å². The Morgan fingerprint density at radius 1 is 1.03 bits per heavy atom. The second-order valence-corrected chi connectivity index (χ2v) is 9.72. The van der Waals surface area contributed by atoms with Gasteiger partial charge in [-0.25, -0.2) is 9.88 Å². The predicted molar refractivity (Wildman–Crippen MR) is 116 cm³/mol. The summed E-state index contributed by atoms with van der Waals surface area (Å²) in [6, 6.07) is 13.5. The lowest BCUT2D eigenvalue weighted by Crippen LogP contribution is -2.64. The van der Waals surface area contributed by atoms with E-state index in [1.54, 1.807) is 23.1 Å². The van der Waals surface area contributed by atoms with Crippen LogP contribution < -0.4 is 15.8 Å². The van der Waals surface area contributed by atoms with Crippen molar-refractivity contribution in [2.45, 2.75) is 48.8 Å². The molecule has 164 valence electrons. The fraction of sp³-hybridized carbons (Fsp3) is 0.333. The lowest BCUT2D eigenvalue weighted by molar-refractivity contribution is -0.146. The standard InChI is InChI=1S/C24H19N5O4/c30-19-16-11-24(33)13-6-2-4-8-15(13)28-21(24)29(23(9-10-23)22(28)32)18(26-19)17-25-14-7-3-1-5-12(14)20(31)27(16)17/h1-8,16,18,21,33H,9-11H2,(H,26,30)/t16-,18+,21+,24+/m0/s1. The molecule has 33 heavy (non-hydrogen) atoms. The van der Waals surface area contributed by atoms with Crippen LogP contribution in [0.2, 0.25) is 0 Å². The minimum absolute atomic E-state index is 0.0312. The van der Waals surface area contributed by atoms with Crippen molar-refractivity contribution in [1.29, 1.82) is 0 Å². The van der Waals surface area contributed by atoms with Crippen LogP contribution in [-0.2, 0) is 15.2 Å². The highest BCUT2D eigenvalue weighted by atomic mass is 16.3. The summed E-state index contributed by atoms with van der Waals surface area (Å²) in [5, 5.41) is 15.7. The first-order valence-corrected chi connectivity index (χ1v) is 11.2. The van der Waals surface area contributed by atoms with E-state index in [0.717, 1.165) is 0 Å². The molecule has 2 amide bonds. The number of carbonyl (C=O) groups excluding carboxylic acids is 2. The number of anilines is 1. The molecular formula is C24H19N5O4. The second-order valence-electron chi connectivity index (χ2n) is 9.72. The summed E-state index contributed by atoms with van der Waals surface area (Å²) in [7, 11) is 0. The number of aromatic nitrogens is 2. The molecule has 4 aliphatic heterocycles. The monoisotopic (exact) mass is 441 g/mol. The third-order valence-corrected chi connectivity index (χ3v) is 8.16. The summed E-state index contributed by atoms with van der Waals surface area (Å²) in [5.74, 6) is 0.0111. The zero-order valence-corrected chi connectivity index (χ0v) is 17.4. The van der Waals surface area contributed by atoms with Gasteiger partial charge in [-0.05, 0) is 31.0 Å². The maximum atomic E-state index is 13.8. The van der Waals surface area contributed by atoms with E-state index in [1.807, 2.05) is 35.2 Å². The number of rotatable bonds is 0. The zero-order chi connectivity index (χ0) is 22.3. The molecule has 8 rings (SSSR count). The quantitative estimate of drug-likeness (QED) is 0.536. The van der Waals surface area contributed by atoms with Gasteiger partial charge < -0.3 is 10.4 Å². The van der Waals surface area contributed by atoms with E-state index in [4.69, 9.17) is 4.98 Å². The van der Waals surface area contributed by atoms with Gasteiger partial charge in [-0.1, -0.05) is 30.3 Å². The zero-order valence-electron chi connectivity index (χ0n) is 17.4.